The van der Waals surface area contributed by atoms with Crippen LogP contribution in [-0.4, -0.2) is 30.4 Å². The second-order valence-electron chi connectivity index (χ2n) is 5.29. The van der Waals surface area contributed by atoms with Crippen molar-refractivity contribution in [3.63, 3.8) is 0 Å². The lowest BCUT2D eigenvalue weighted by molar-refractivity contribution is -0.182. The summed E-state index contributed by atoms with van der Waals surface area (Å²) in [5.41, 5.74) is 0. The van der Waals surface area contributed by atoms with E-state index < -0.39 is 17.8 Å². The zero-order valence-electron chi connectivity index (χ0n) is 10.2. The molecule has 2 rings (SSSR count). The fourth-order valence-electron chi connectivity index (χ4n) is 2.31. The maximum Gasteiger partial charge on any atom is 0.309 e. The molecule has 0 aromatic rings. The largest absolute Gasteiger partial charge is 0.462 e. The normalized spacial score (nSPS) is 29.9. The Balaban J connectivity index is 1.59. The van der Waals surface area contributed by atoms with Crippen LogP contribution in [0.3, 0.4) is 0 Å². The smallest absolute Gasteiger partial charge is 0.309 e. The third-order valence-corrected chi connectivity index (χ3v) is 3.54. The standard InChI is InChI=1S/C12H17F2NO3/c1-7(16)15-6-8-2-10(3-8)18-11(17)9-4-12(13,14)5-9/h8-10H,2-6H2,1H3,(H,15,16). The summed E-state index contributed by atoms with van der Waals surface area (Å²) in [5.74, 6) is -3.56. The molecular formula is C12H17F2NO3. The van der Waals surface area contributed by atoms with Gasteiger partial charge in [-0.3, -0.25) is 9.59 Å². The van der Waals surface area contributed by atoms with E-state index in [2.05, 4.69) is 5.32 Å². The van der Waals surface area contributed by atoms with Crippen molar-refractivity contribution in [3.05, 3.63) is 0 Å². The average Bonchev–Trinajstić information content (AvgIpc) is 2.16. The molecule has 0 radical (unpaired) electrons. The molecule has 0 spiro atoms. The van der Waals surface area contributed by atoms with Gasteiger partial charge in [-0.2, -0.15) is 0 Å². The van der Waals surface area contributed by atoms with Gasteiger partial charge in [0, 0.05) is 26.3 Å². The number of nitrogens with one attached hydrogen (secondary N) is 1. The van der Waals surface area contributed by atoms with Crippen molar-refractivity contribution >= 4 is 11.9 Å². The minimum absolute atomic E-state index is 0.0767. The predicted octanol–water partition coefficient (Wildman–Crippen LogP) is 1.49. The summed E-state index contributed by atoms with van der Waals surface area (Å²) < 4.78 is 30.3. The van der Waals surface area contributed by atoms with Gasteiger partial charge in [0.2, 0.25) is 11.8 Å². The number of alkyl halides is 2. The minimum Gasteiger partial charge on any atom is -0.462 e. The Kier molecular flexibility index (Phi) is 3.54. The second-order valence-corrected chi connectivity index (χ2v) is 5.29. The first-order chi connectivity index (χ1) is 8.35. The molecule has 2 fully saturated rings. The summed E-state index contributed by atoms with van der Waals surface area (Å²) in [6.07, 6.45) is 0.483. The Bertz CT molecular complexity index is 345. The maximum absolute atomic E-state index is 12.6. The number of carbonyl (C=O) groups excluding carboxylic acids is 2. The van der Waals surface area contributed by atoms with Crippen LogP contribution >= 0.6 is 0 Å². The number of hydrogen-bond donors (Lipinski definition) is 1. The third-order valence-electron chi connectivity index (χ3n) is 3.54. The van der Waals surface area contributed by atoms with Gasteiger partial charge < -0.3 is 10.1 Å². The molecule has 6 heteroatoms. The van der Waals surface area contributed by atoms with Gasteiger partial charge in [0.1, 0.15) is 6.10 Å². The number of amides is 1. The van der Waals surface area contributed by atoms with E-state index in [0.717, 1.165) is 0 Å². The molecule has 4 nitrogen and oxygen atoms in total. The predicted molar refractivity (Wildman–Crippen MR) is 59.0 cm³/mol. The summed E-state index contributed by atoms with van der Waals surface area (Å²) in [5, 5.41) is 2.70. The van der Waals surface area contributed by atoms with E-state index in [9.17, 15) is 18.4 Å². The maximum atomic E-state index is 12.6. The van der Waals surface area contributed by atoms with E-state index in [1.807, 2.05) is 0 Å². The fourth-order valence-corrected chi connectivity index (χ4v) is 2.31. The van der Waals surface area contributed by atoms with E-state index in [4.69, 9.17) is 4.74 Å². The summed E-state index contributed by atoms with van der Waals surface area (Å²) in [6, 6.07) is 0. The molecule has 0 atom stereocenters. The van der Waals surface area contributed by atoms with Crippen molar-refractivity contribution < 1.29 is 23.1 Å². The Labute approximate surface area is 104 Å². The highest BCUT2D eigenvalue weighted by Gasteiger charge is 2.50. The summed E-state index contributed by atoms with van der Waals surface area (Å²) in [6.45, 7) is 2.04. The monoisotopic (exact) mass is 261 g/mol. The quantitative estimate of drug-likeness (QED) is 0.780. The molecule has 0 unspecified atom stereocenters. The first kappa shape index (κ1) is 13.2. The van der Waals surface area contributed by atoms with Crippen LogP contribution < -0.4 is 5.32 Å². The number of esters is 1. The van der Waals surface area contributed by atoms with Gasteiger partial charge in [-0.15, -0.1) is 0 Å². The Morgan fingerprint density at radius 1 is 1.33 bits per heavy atom. The molecule has 2 aliphatic carbocycles. The first-order valence-corrected chi connectivity index (χ1v) is 6.18. The SMILES string of the molecule is CC(=O)NCC1CC(OC(=O)C2CC(F)(F)C2)C1. The van der Waals surface area contributed by atoms with Crippen molar-refractivity contribution in [2.24, 2.45) is 11.8 Å². The van der Waals surface area contributed by atoms with E-state index >= 15 is 0 Å². The fraction of sp³-hybridized carbons (Fsp3) is 0.833. The van der Waals surface area contributed by atoms with Gasteiger partial charge in [-0.05, 0) is 18.8 Å². The van der Waals surface area contributed by atoms with Gasteiger partial charge in [0.15, 0.2) is 0 Å². The van der Waals surface area contributed by atoms with Gasteiger partial charge in [-0.25, -0.2) is 8.78 Å². The molecule has 2 aliphatic rings. The average molecular weight is 261 g/mol. The van der Waals surface area contributed by atoms with Crippen molar-refractivity contribution in [3.8, 4) is 0 Å². The van der Waals surface area contributed by atoms with Crippen LogP contribution in [-0.2, 0) is 14.3 Å². The lowest BCUT2D eigenvalue weighted by atomic mass is 9.80. The highest BCUT2D eigenvalue weighted by atomic mass is 19.3. The number of ether oxygens (including phenoxy) is 1. The molecule has 1 amide bonds. The summed E-state index contributed by atoms with van der Waals surface area (Å²) in [4.78, 5) is 22.1. The van der Waals surface area contributed by atoms with Crippen LogP contribution in [0.2, 0.25) is 0 Å². The van der Waals surface area contributed by atoms with Gasteiger partial charge in [-0.1, -0.05) is 0 Å². The van der Waals surface area contributed by atoms with Crippen molar-refractivity contribution in [2.45, 2.75) is 44.6 Å². The molecule has 1 N–H and O–H groups in total. The number of hydrogen-bond acceptors (Lipinski definition) is 3. The molecule has 0 aromatic heterocycles. The van der Waals surface area contributed by atoms with E-state index in [0.29, 0.717) is 25.3 Å². The zero-order valence-corrected chi connectivity index (χ0v) is 10.2. The lowest BCUT2D eigenvalue weighted by Crippen LogP contribution is -2.45. The van der Waals surface area contributed by atoms with Gasteiger partial charge in [0.25, 0.3) is 0 Å². The molecule has 18 heavy (non-hydrogen) atoms. The minimum atomic E-state index is -2.68. The summed E-state index contributed by atoms with van der Waals surface area (Å²) >= 11 is 0. The van der Waals surface area contributed by atoms with Crippen LogP contribution in [0.4, 0.5) is 8.78 Å². The van der Waals surface area contributed by atoms with E-state index in [1.165, 1.54) is 6.92 Å². The highest BCUT2D eigenvalue weighted by molar-refractivity contribution is 5.74. The zero-order chi connectivity index (χ0) is 13.3. The topological polar surface area (TPSA) is 55.4 Å². The van der Waals surface area contributed by atoms with Crippen LogP contribution in [0.5, 0.6) is 0 Å². The molecule has 0 aliphatic heterocycles. The molecule has 0 aromatic carbocycles. The van der Waals surface area contributed by atoms with Crippen LogP contribution in [0.1, 0.15) is 32.6 Å². The van der Waals surface area contributed by atoms with Crippen molar-refractivity contribution in [1.29, 1.82) is 0 Å². The van der Waals surface area contributed by atoms with E-state index in [-0.39, 0.29) is 24.9 Å². The molecular weight excluding hydrogens is 244 g/mol. The van der Waals surface area contributed by atoms with Gasteiger partial charge >= 0.3 is 5.97 Å². The molecule has 0 saturated heterocycles. The Morgan fingerprint density at radius 3 is 2.44 bits per heavy atom. The number of carbonyl (C=O) groups is 2. The van der Waals surface area contributed by atoms with Crippen LogP contribution in [0, 0.1) is 11.8 Å². The first-order valence-electron chi connectivity index (χ1n) is 6.18. The molecule has 2 saturated carbocycles. The third kappa shape index (κ3) is 3.17. The lowest BCUT2D eigenvalue weighted by Gasteiger charge is -2.38. The number of rotatable bonds is 4. The molecule has 0 heterocycles. The Morgan fingerprint density at radius 2 is 1.94 bits per heavy atom. The summed E-state index contributed by atoms with van der Waals surface area (Å²) in [7, 11) is 0. The molecule has 102 valence electrons. The van der Waals surface area contributed by atoms with Crippen LogP contribution in [0.25, 0.3) is 0 Å². The Hall–Kier alpha value is -1.20. The second kappa shape index (κ2) is 4.82. The van der Waals surface area contributed by atoms with Gasteiger partial charge in [0.05, 0.1) is 5.92 Å². The van der Waals surface area contributed by atoms with E-state index in [1.54, 1.807) is 0 Å². The highest BCUT2D eigenvalue weighted by Crippen LogP contribution is 2.43. The number of halogens is 2. The molecule has 0 bridgehead atoms. The van der Waals surface area contributed by atoms with Crippen molar-refractivity contribution in [1.82, 2.24) is 5.32 Å². The van der Waals surface area contributed by atoms with Crippen molar-refractivity contribution in [2.75, 3.05) is 6.54 Å². The van der Waals surface area contributed by atoms with Crippen LogP contribution in [0.15, 0.2) is 0 Å².